The summed E-state index contributed by atoms with van der Waals surface area (Å²) in [4.78, 5) is 23.8. The van der Waals surface area contributed by atoms with E-state index in [2.05, 4.69) is 17.1 Å². The topological polar surface area (TPSA) is 81.3 Å². The third-order valence-corrected chi connectivity index (χ3v) is 5.95. The molecule has 2 aromatic heterocycles. The van der Waals surface area contributed by atoms with Crippen LogP contribution < -0.4 is 10.5 Å². The molecule has 1 fully saturated rings. The number of likely N-dealkylation sites (tertiary alicyclic amines) is 1. The number of nitrogen functional groups attached to an aromatic ring is 1. The summed E-state index contributed by atoms with van der Waals surface area (Å²) in [6.45, 7) is 5.89. The predicted molar refractivity (Wildman–Crippen MR) is 126 cm³/mol. The van der Waals surface area contributed by atoms with Gasteiger partial charge in [-0.1, -0.05) is 18.2 Å². The third kappa shape index (κ3) is 5.25. The van der Waals surface area contributed by atoms with Gasteiger partial charge in [0.1, 0.15) is 11.6 Å². The molecule has 1 aromatic carbocycles. The van der Waals surface area contributed by atoms with Crippen LogP contribution in [0.15, 0.2) is 54.7 Å². The van der Waals surface area contributed by atoms with Gasteiger partial charge in [0.2, 0.25) is 5.91 Å². The highest BCUT2D eigenvalue weighted by Crippen LogP contribution is 2.30. The second kappa shape index (κ2) is 9.81. The van der Waals surface area contributed by atoms with Gasteiger partial charge in [0.05, 0.1) is 13.0 Å². The van der Waals surface area contributed by atoms with E-state index < -0.39 is 0 Å². The lowest BCUT2D eigenvalue weighted by Crippen LogP contribution is -2.39. The molecule has 1 atom stereocenters. The van der Waals surface area contributed by atoms with Gasteiger partial charge >= 0.3 is 0 Å². The summed E-state index contributed by atoms with van der Waals surface area (Å²) < 4.78 is 5.82. The van der Waals surface area contributed by atoms with Gasteiger partial charge in [-0.25, -0.2) is 4.98 Å². The fourth-order valence-corrected chi connectivity index (χ4v) is 4.22. The van der Waals surface area contributed by atoms with Crippen LogP contribution in [0.25, 0.3) is 11.1 Å². The van der Waals surface area contributed by atoms with E-state index in [0.29, 0.717) is 25.4 Å². The molecule has 0 spiro atoms. The minimum atomic E-state index is 0.138. The third-order valence-electron chi connectivity index (χ3n) is 5.95. The van der Waals surface area contributed by atoms with Crippen molar-refractivity contribution in [2.45, 2.75) is 39.0 Å². The number of nitrogens with zero attached hydrogens (tertiary/aromatic N) is 3. The molecule has 166 valence electrons. The molecule has 6 heteroatoms. The number of amides is 1. The minimum absolute atomic E-state index is 0.138. The summed E-state index contributed by atoms with van der Waals surface area (Å²) in [5, 5.41) is 0. The monoisotopic (exact) mass is 430 g/mol. The lowest BCUT2D eigenvalue weighted by Gasteiger charge is -2.33. The van der Waals surface area contributed by atoms with E-state index in [1.807, 2.05) is 55.1 Å². The number of anilines is 1. The molecule has 1 aliphatic heterocycles. The lowest BCUT2D eigenvalue weighted by molar-refractivity contribution is -0.132. The average molecular weight is 431 g/mol. The van der Waals surface area contributed by atoms with Crippen molar-refractivity contribution < 1.29 is 9.53 Å². The molecular formula is C26H30N4O2. The first-order valence-electron chi connectivity index (χ1n) is 11.2. The van der Waals surface area contributed by atoms with Gasteiger partial charge in [-0.3, -0.25) is 9.78 Å². The lowest BCUT2D eigenvalue weighted by atomic mass is 9.92. The number of hydrogen-bond acceptors (Lipinski definition) is 5. The number of piperidine rings is 1. The molecule has 4 rings (SSSR count). The molecule has 2 N–H and O–H groups in total. The van der Waals surface area contributed by atoms with Gasteiger partial charge in [0, 0.05) is 42.2 Å². The molecule has 32 heavy (non-hydrogen) atoms. The molecule has 0 unspecified atom stereocenters. The summed E-state index contributed by atoms with van der Waals surface area (Å²) in [6, 6.07) is 15.9. The second-order valence-electron chi connectivity index (χ2n) is 8.44. The van der Waals surface area contributed by atoms with E-state index in [-0.39, 0.29) is 11.8 Å². The zero-order chi connectivity index (χ0) is 22.5. The zero-order valence-corrected chi connectivity index (χ0v) is 18.8. The number of pyridine rings is 2. The van der Waals surface area contributed by atoms with Crippen molar-refractivity contribution in [3.8, 4) is 16.9 Å². The Morgan fingerprint density at radius 2 is 2.00 bits per heavy atom. The number of ether oxygens (including phenoxy) is 1. The van der Waals surface area contributed by atoms with Gasteiger partial charge in [-0.15, -0.1) is 0 Å². The normalized spacial score (nSPS) is 16.1. The molecule has 1 aliphatic rings. The Kier molecular flexibility index (Phi) is 6.69. The van der Waals surface area contributed by atoms with Crippen molar-refractivity contribution in [2.75, 3.05) is 25.4 Å². The highest BCUT2D eigenvalue weighted by Gasteiger charge is 2.26. The van der Waals surface area contributed by atoms with Crippen LogP contribution in [0.5, 0.6) is 5.75 Å². The molecule has 1 saturated heterocycles. The minimum Gasteiger partial charge on any atom is -0.493 e. The van der Waals surface area contributed by atoms with E-state index in [0.717, 1.165) is 53.2 Å². The SMILES string of the molecule is Cc1cc(-c2ccc(N)nc2)cc([C@@H]2CCCN(C(=O)CCOc3ccccc3C)C2)n1. The number of benzene rings is 1. The Labute approximate surface area is 189 Å². The maximum atomic E-state index is 12.8. The number of nitrogens with two attached hydrogens (primary N) is 1. The molecular weight excluding hydrogens is 400 g/mol. The first-order valence-corrected chi connectivity index (χ1v) is 11.2. The summed E-state index contributed by atoms with van der Waals surface area (Å²) in [7, 11) is 0. The van der Waals surface area contributed by atoms with Gasteiger partial charge < -0.3 is 15.4 Å². The number of hydrogen-bond donors (Lipinski definition) is 1. The van der Waals surface area contributed by atoms with Crippen LogP contribution in [-0.4, -0.2) is 40.5 Å². The first kappa shape index (κ1) is 21.8. The van der Waals surface area contributed by atoms with Gasteiger partial charge in [0.15, 0.2) is 0 Å². The summed E-state index contributed by atoms with van der Waals surface area (Å²) in [5.41, 5.74) is 10.9. The number of aromatic nitrogens is 2. The van der Waals surface area contributed by atoms with Crippen molar-refractivity contribution in [3.05, 3.63) is 71.7 Å². The molecule has 0 saturated carbocycles. The van der Waals surface area contributed by atoms with E-state index in [1.54, 1.807) is 6.20 Å². The van der Waals surface area contributed by atoms with Gasteiger partial charge in [-0.2, -0.15) is 0 Å². The molecule has 0 radical (unpaired) electrons. The van der Waals surface area contributed by atoms with Crippen LogP contribution >= 0.6 is 0 Å². The number of aryl methyl sites for hydroxylation is 2. The van der Waals surface area contributed by atoms with Crippen LogP contribution in [0.4, 0.5) is 5.82 Å². The standard InChI is InChI=1S/C26H30N4O2/c1-18-6-3-4-8-24(18)32-13-11-26(31)30-12-5-7-21(17-30)23-15-22(14-19(2)29-23)20-9-10-25(27)28-16-20/h3-4,6,8-10,14-16,21H,5,7,11-13,17H2,1-2H3,(H2,27,28)/t21-/m1/s1. The predicted octanol–water partition coefficient (Wildman–Crippen LogP) is 4.52. The van der Waals surface area contributed by atoms with Crippen LogP contribution in [0.2, 0.25) is 0 Å². The van der Waals surface area contributed by atoms with Crippen molar-refractivity contribution >= 4 is 11.7 Å². The molecule has 3 aromatic rings. The molecule has 0 aliphatic carbocycles. The van der Waals surface area contributed by atoms with E-state index in [9.17, 15) is 4.79 Å². The van der Waals surface area contributed by atoms with Crippen LogP contribution in [0.3, 0.4) is 0 Å². The number of rotatable bonds is 6. The number of para-hydroxylation sites is 1. The van der Waals surface area contributed by atoms with Crippen molar-refractivity contribution in [3.63, 3.8) is 0 Å². The summed E-state index contributed by atoms with van der Waals surface area (Å²) in [6.07, 6.45) is 4.17. The van der Waals surface area contributed by atoms with Crippen molar-refractivity contribution in [2.24, 2.45) is 0 Å². The maximum Gasteiger partial charge on any atom is 0.226 e. The Balaban J connectivity index is 1.40. The molecule has 1 amide bonds. The van der Waals surface area contributed by atoms with Gasteiger partial charge in [0.25, 0.3) is 0 Å². The van der Waals surface area contributed by atoms with E-state index in [1.165, 1.54) is 0 Å². The van der Waals surface area contributed by atoms with Crippen molar-refractivity contribution in [1.29, 1.82) is 0 Å². The first-order chi connectivity index (χ1) is 15.5. The fraction of sp³-hybridized carbons (Fsp3) is 0.346. The summed E-state index contributed by atoms with van der Waals surface area (Å²) >= 11 is 0. The van der Waals surface area contributed by atoms with E-state index >= 15 is 0 Å². The zero-order valence-electron chi connectivity index (χ0n) is 18.8. The fourth-order valence-electron chi connectivity index (χ4n) is 4.22. The quantitative estimate of drug-likeness (QED) is 0.622. The number of carbonyl (C=O) groups is 1. The number of carbonyl (C=O) groups excluding carboxylic acids is 1. The maximum absolute atomic E-state index is 12.8. The Morgan fingerprint density at radius 3 is 2.78 bits per heavy atom. The van der Waals surface area contributed by atoms with Crippen LogP contribution in [0, 0.1) is 13.8 Å². The van der Waals surface area contributed by atoms with Crippen LogP contribution in [0.1, 0.15) is 42.1 Å². The largest absolute Gasteiger partial charge is 0.493 e. The van der Waals surface area contributed by atoms with Crippen molar-refractivity contribution in [1.82, 2.24) is 14.9 Å². The Bertz CT molecular complexity index is 1080. The molecule has 3 heterocycles. The summed E-state index contributed by atoms with van der Waals surface area (Å²) in [5.74, 6) is 1.71. The Morgan fingerprint density at radius 1 is 1.16 bits per heavy atom. The molecule has 6 nitrogen and oxygen atoms in total. The smallest absolute Gasteiger partial charge is 0.226 e. The highest BCUT2D eigenvalue weighted by molar-refractivity contribution is 5.76. The average Bonchev–Trinajstić information content (AvgIpc) is 2.80. The molecule has 0 bridgehead atoms. The Hall–Kier alpha value is -3.41. The van der Waals surface area contributed by atoms with E-state index in [4.69, 9.17) is 15.5 Å². The van der Waals surface area contributed by atoms with Gasteiger partial charge in [-0.05, 0) is 68.1 Å². The highest BCUT2D eigenvalue weighted by atomic mass is 16.5. The second-order valence-corrected chi connectivity index (χ2v) is 8.44. The van der Waals surface area contributed by atoms with Crippen LogP contribution in [-0.2, 0) is 4.79 Å².